The number of benzene rings is 3. The Morgan fingerprint density at radius 2 is 1.56 bits per heavy atom. The molecule has 0 atom stereocenters. The van der Waals surface area contributed by atoms with Crippen molar-refractivity contribution in [3.8, 4) is 5.69 Å². The van der Waals surface area contributed by atoms with Gasteiger partial charge in [-0.1, -0.05) is 55.1 Å². The number of hydrogen-bond donors (Lipinski definition) is 0. The molecule has 0 unspecified atom stereocenters. The van der Waals surface area contributed by atoms with Crippen molar-refractivity contribution in [1.82, 2.24) is 4.57 Å². The zero-order valence-corrected chi connectivity index (χ0v) is 14.0. The average Bonchev–Trinajstić information content (AvgIpc) is 3.17. The van der Waals surface area contributed by atoms with Gasteiger partial charge in [0.2, 0.25) is 0 Å². The summed E-state index contributed by atoms with van der Waals surface area (Å²) in [6.45, 7) is 6.19. The largest absolute Gasteiger partial charge is 0.454 e. The Balaban J connectivity index is 1.97. The molecule has 0 fully saturated rings. The van der Waals surface area contributed by atoms with Gasteiger partial charge in [0.05, 0.1) is 11.2 Å². The molecule has 0 aliphatic heterocycles. The number of aromatic nitrogens is 1. The molecular weight excluding hydrogens is 306 g/mol. The van der Waals surface area contributed by atoms with Gasteiger partial charge >= 0.3 is 0 Å². The summed E-state index contributed by atoms with van der Waals surface area (Å²) in [4.78, 5) is 0. The minimum Gasteiger partial charge on any atom is -0.454 e. The van der Waals surface area contributed by atoms with Crippen LogP contribution in [0.5, 0.6) is 0 Å². The molecule has 0 bridgehead atoms. The predicted molar refractivity (Wildman–Crippen MR) is 105 cm³/mol. The molecule has 0 radical (unpaired) electrons. The van der Waals surface area contributed by atoms with E-state index in [0.29, 0.717) is 0 Å². The number of hydrogen-bond acceptors (Lipinski definition) is 1. The quantitative estimate of drug-likeness (QED) is 0.363. The smallest absolute Gasteiger partial charge is 0.159 e. The molecule has 0 aliphatic rings. The maximum absolute atomic E-state index is 6.24. The van der Waals surface area contributed by atoms with Crippen LogP contribution in [0.4, 0.5) is 0 Å². The Hall–Kier alpha value is -3.26. The van der Waals surface area contributed by atoms with Crippen LogP contribution in [0.25, 0.3) is 44.6 Å². The normalized spacial score (nSPS) is 11.6. The molecule has 0 saturated carbocycles. The van der Waals surface area contributed by atoms with Crippen molar-refractivity contribution in [2.24, 2.45) is 0 Å². The Kier molecular flexibility index (Phi) is 2.89. The topological polar surface area (TPSA) is 18.1 Å². The summed E-state index contributed by atoms with van der Waals surface area (Å²) in [5.41, 5.74) is 6.38. The Bertz CT molecular complexity index is 1270. The molecular formula is C23H17NO. The molecule has 3 aromatic carbocycles. The van der Waals surface area contributed by atoms with Crippen LogP contribution in [-0.2, 0) is 0 Å². The van der Waals surface area contributed by atoms with E-state index in [-0.39, 0.29) is 0 Å². The van der Waals surface area contributed by atoms with Crippen LogP contribution in [0.3, 0.4) is 0 Å². The monoisotopic (exact) mass is 323 g/mol. The van der Waals surface area contributed by atoms with Crippen molar-refractivity contribution in [3.63, 3.8) is 0 Å². The van der Waals surface area contributed by atoms with Gasteiger partial charge in [-0.05, 0) is 36.8 Å². The highest BCUT2D eigenvalue weighted by molar-refractivity contribution is 6.08. The molecule has 2 heteroatoms. The van der Waals surface area contributed by atoms with Gasteiger partial charge in [-0.25, -0.2) is 0 Å². The summed E-state index contributed by atoms with van der Waals surface area (Å²) in [5.74, 6) is 0. The fraction of sp³-hybridized carbons (Fsp3) is 0.0435. The highest BCUT2D eigenvalue weighted by atomic mass is 16.3. The lowest BCUT2D eigenvalue weighted by molar-refractivity contribution is 0.666. The summed E-state index contributed by atoms with van der Waals surface area (Å²) < 4.78 is 8.49. The van der Waals surface area contributed by atoms with Gasteiger partial charge in [0.25, 0.3) is 0 Å². The van der Waals surface area contributed by atoms with Crippen LogP contribution in [0.1, 0.15) is 11.3 Å². The van der Waals surface area contributed by atoms with E-state index < -0.39 is 0 Å². The third-order valence-corrected chi connectivity index (χ3v) is 4.99. The lowest BCUT2D eigenvalue weighted by atomic mass is 10.1. The predicted octanol–water partition coefficient (Wildman–Crippen LogP) is 6.48. The molecule has 5 aromatic rings. The Labute approximate surface area is 145 Å². The molecule has 0 spiro atoms. The summed E-state index contributed by atoms with van der Waals surface area (Å²) in [5, 5.41) is 3.52. The molecule has 0 aliphatic carbocycles. The lowest BCUT2D eigenvalue weighted by Gasteiger charge is -2.09. The summed E-state index contributed by atoms with van der Waals surface area (Å²) in [7, 11) is 0. The first-order valence-corrected chi connectivity index (χ1v) is 8.42. The maximum atomic E-state index is 6.24. The van der Waals surface area contributed by atoms with E-state index in [1.165, 1.54) is 16.5 Å². The Morgan fingerprint density at radius 3 is 2.40 bits per heavy atom. The van der Waals surface area contributed by atoms with Crippen LogP contribution in [-0.4, -0.2) is 4.57 Å². The molecule has 2 aromatic heterocycles. The maximum Gasteiger partial charge on any atom is 0.159 e. The summed E-state index contributed by atoms with van der Waals surface area (Å²) >= 11 is 0. The first-order valence-electron chi connectivity index (χ1n) is 8.42. The third kappa shape index (κ3) is 1.85. The van der Waals surface area contributed by atoms with E-state index in [1.54, 1.807) is 0 Å². The van der Waals surface area contributed by atoms with Crippen molar-refractivity contribution in [3.05, 3.63) is 84.6 Å². The number of rotatable bonds is 2. The van der Waals surface area contributed by atoms with E-state index in [0.717, 1.165) is 33.3 Å². The third-order valence-electron chi connectivity index (χ3n) is 4.99. The van der Waals surface area contributed by atoms with Gasteiger partial charge in [0.15, 0.2) is 5.58 Å². The van der Waals surface area contributed by atoms with Crippen molar-refractivity contribution in [1.29, 1.82) is 0 Å². The average molecular weight is 323 g/mol. The van der Waals surface area contributed by atoms with Crippen LogP contribution in [0, 0.1) is 6.92 Å². The highest BCUT2D eigenvalue weighted by Gasteiger charge is 2.17. The minimum atomic E-state index is 0.910. The zero-order chi connectivity index (χ0) is 17.0. The molecule has 0 N–H and O–H groups in total. The van der Waals surface area contributed by atoms with Gasteiger partial charge in [-0.2, -0.15) is 0 Å². The molecule has 5 rings (SSSR count). The van der Waals surface area contributed by atoms with Crippen molar-refractivity contribution < 1.29 is 4.42 Å². The van der Waals surface area contributed by atoms with Gasteiger partial charge in [-0.3, -0.25) is 0 Å². The van der Waals surface area contributed by atoms with Crippen LogP contribution in [0.2, 0.25) is 0 Å². The lowest BCUT2D eigenvalue weighted by Crippen LogP contribution is -1.97. The van der Waals surface area contributed by atoms with Crippen LogP contribution >= 0.6 is 0 Å². The fourth-order valence-corrected chi connectivity index (χ4v) is 3.83. The molecule has 2 nitrogen and oxygen atoms in total. The number of furan rings is 1. The second-order valence-electron chi connectivity index (χ2n) is 6.32. The molecule has 25 heavy (non-hydrogen) atoms. The molecule has 0 saturated heterocycles. The molecule has 120 valence electrons. The number of aryl methyl sites for hydroxylation is 1. The first-order chi connectivity index (χ1) is 12.3. The van der Waals surface area contributed by atoms with E-state index in [4.69, 9.17) is 4.42 Å². The van der Waals surface area contributed by atoms with E-state index in [2.05, 4.69) is 66.6 Å². The summed E-state index contributed by atoms with van der Waals surface area (Å²) in [6, 6.07) is 23.0. The van der Waals surface area contributed by atoms with Gasteiger partial charge in [-0.15, -0.1) is 0 Å². The fourth-order valence-electron chi connectivity index (χ4n) is 3.83. The highest BCUT2D eigenvalue weighted by Crippen LogP contribution is 2.36. The van der Waals surface area contributed by atoms with Gasteiger partial charge < -0.3 is 8.98 Å². The molecule has 2 heterocycles. The van der Waals surface area contributed by atoms with Crippen molar-refractivity contribution in [2.75, 3.05) is 0 Å². The SMILES string of the molecule is C=Cc1c(C)c2ccccc2n1-c1cccc2c1oc1ccccc12. The second-order valence-corrected chi connectivity index (χ2v) is 6.32. The van der Waals surface area contributed by atoms with Gasteiger partial charge in [0, 0.05) is 21.9 Å². The number of nitrogens with zero attached hydrogens (tertiary/aromatic N) is 1. The van der Waals surface area contributed by atoms with E-state index >= 15 is 0 Å². The van der Waals surface area contributed by atoms with Crippen molar-refractivity contribution >= 4 is 38.9 Å². The van der Waals surface area contributed by atoms with Crippen molar-refractivity contribution in [2.45, 2.75) is 6.92 Å². The molecule has 0 amide bonds. The Morgan fingerprint density at radius 1 is 0.840 bits per heavy atom. The second kappa shape index (κ2) is 5.12. The van der Waals surface area contributed by atoms with E-state index in [9.17, 15) is 0 Å². The van der Waals surface area contributed by atoms with E-state index in [1.807, 2.05) is 24.3 Å². The van der Waals surface area contributed by atoms with Gasteiger partial charge in [0.1, 0.15) is 5.58 Å². The van der Waals surface area contributed by atoms with Crippen LogP contribution in [0.15, 0.2) is 77.7 Å². The number of fused-ring (bicyclic) bond motifs is 4. The van der Waals surface area contributed by atoms with Crippen LogP contribution < -0.4 is 0 Å². The minimum absolute atomic E-state index is 0.910. The first kappa shape index (κ1) is 14.1. The zero-order valence-electron chi connectivity index (χ0n) is 14.0. The summed E-state index contributed by atoms with van der Waals surface area (Å²) in [6.07, 6.45) is 1.93. The number of para-hydroxylation sites is 3. The standard InChI is InChI=1S/C23H17NO/c1-3-19-15(2)16-9-4-6-12-20(16)24(19)21-13-8-11-18-17-10-5-7-14-22(17)25-23(18)21/h3-14H,1H2,2H3.